The SMILES string of the molecule is CC1C[C@]2(CO)O[C@H]1[N+]1(C=CC(=N)NC1=O)C(O)C2O. The van der Waals surface area contributed by atoms with Crippen molar-refractivity contribution in [3.8, 4) is 0 Å². The standard InChI is InChI=1S/C12H17N3O5/c1-6-4-12(5-16)8(17)9(18)15(10(6)20-12)3-2-7(13)14-11(15)19/h2-3,6,8-10,16-18H,4-5H2,1H3,(H-,13,14,19)/p+1/t6?,8?,9?,10-,12-,15?/m1/s1. The monoisotopic (exact) mass is 284 g/mol. The molecule has 20 heavy (non-hydrogen) atoms. The van der Waals surface area contributed by atoms with Crippen molar-refractivity contribution in [2.75, 3.05) is 6.61 Å². The Morgan fingerprint density at radius 2 is 2.30 bits per heavy atom. The Labute approximate surface area is 115 Å². The summed E-state index contributed by atoms with van der Waals surface area (Å²) >= 11 is 0. The van der Waals surface area contributed by atoms with Gasteiger partial charge < -0.3 is 20.1 Å². The van der Waals surface area contributed by atoms with E-state index in [1.807, 2.05) is 6.92 Å². The fourth-order valence-corrected chi connectivity index (χ4v) is 3.53. The van der Waals surface area contributed by atoms with E-state index in [1.54, 1.807) is 0 Å². The van der Waals surface area contributed by atoms with Crippen molar-refractivity contribution in [2.45, 2.75) is 37.5 Å². The summed E-state index contributed by atoms with van der Waals surface area (Å²) in [7, 11) is 0. The maximum atomic E-state index is 12.3. The number of fused-ring (bicyclic) bond motifs is 3. The van der Waals surface area contributed by atoms with Crippen LogP contribution in [0.4, 0.5) is 4.79 Å². The van der Waals surface area contributed by atoms with Crippen molar-refractivity contribution in [3.63, 3.8) is 0 Å². The zero-order valence-corrected chi connectivity index (χ0v) is 11.0. The second-order valence-electron chi connectivity index (χ2n) is 5.77. The van der Waals surface area contributed by atoms with Crippen molar-refractivity contribution >= 4 is 11.9 Å². The molecule has 2 saturated heterocycles. The molecule has 3 rings (SSSR count). The predicted molar refractivity (Wildman–Crippen MR) is 66.1 cm³/mol. The number of rotatable bonds is 1. The Hall–Kier alpha value is -1.32. The van der Waals surface area contributed by atoms with E-state index >= 15 is 0 Å². The van der Waals surface area contributed by atoms with Gasteiger partial charge in [0, 0.05) is 12.0 Å². The summed E-state index contributed by atoms with van der Waals surface area (Å²) < 4.78 is 5.14. The van der Waals surface area contributed by atoms with Crippen molar-refractivity contribution in [1.29, 1.82) is 5.41 Å². The fourth-order valence-electron chi connectivity index (χ4n) is 3.53. The number of aliphatic hydroxyl groups is 3. The second-order valence-corrected chi connectivity index (χ2v) is 5.77. The van der Waals surface area contributed by atoms with Gasteiger partial charge in [0.25, 0.3) is 0 Å². The number of nitrogens with zero attached hydrogens (tertiary/aromatic N) is 1. The van der Waals surface area contributed by atoms with E-state index in [4.69, 9.17) is 10.1 Å². The molecular formula is C12H18N3O5+. The minimum Gasteiger partial charge on any atom is -0.393 e. The number of nitrogens with one attached hydrogen (secondary N) is 2. The van der Waals surface area contributed by atoms with Gasteiger partial charge in [-0.1, -0.05) is 6.92 Å². The van der Waals surface area contributed by atoms with Gasteiger partial charge in [0.15, 0.2) is 6.10 Å². The van der Waals surface area contributed by atoms with E-state index < -0.39 is 41.3 Å². The van der Waals surface area contributed by atoms with Crippen LogP contribution in [0.2, 0.25) is 0 Å². The molecule has 8 heteroatoms. The Kier molecular flexibility index (Phi) is 2.79. The van der Waals surface area contributed by atoms with Gasteiger partial charge >= 0.3 is 6.03 Å². The highest BCUT2D eigenvalue weighted by Gasteiger charge is 2.70. The molecule has 3 aliphatic rings. The second kappa shape index (κ2) is 4.09. The van der Waals surface area contributed by atoms with Crippen LogP contribution in [0.5, 0.6) is 0 Å². The van der Waals surface area contributed by atoms with Crippen molar-refractivity contribution in [1.82, 2.24) is 5.32 Å². The first-order valence-corrected chi connectivity index (χ1v) is 6.49. The van der Waals surface area contributed by atoms with Crippen molar-refractivity contribution in [2.24, 2.45) is 5.92 Å². The minimum atomic E-state index is -1.45. The van der Waals surface area contributed by atoms with E-state index in [0.29, 0.717) is 6.42 Å². The number of quaternary nitrogens is 1. The number of carbonyl (C=O) groups excluding carboxylic acids is 1. The third-order valence-corrected chi connectivity index (χ3v) is 4.54. The first-order valence-electron chi connectivity index (χ1n) is 6.49. The van der Waals surface area contributed by atoms with E-state index in [9.17, 15) is 20.1 Å². The molecule has 3 heterocycles. The summed E-state index contributed by atoms with van der Waals surface area (Å²) in [6, 6.07) is -0.616. The molecular weight excluding hydrogens is 266 g/mol. The zero-order valence-electron chi connectivity index (χ0n) is 11.0. The lowest BCUT2D eigenvalue weighted by Crippen LogP contribution is -2.76. The molecule has 2 bridgehead atoms. The molecule has 4 unspecified atom stereocenters. The van der Waals surface area contributed by atoms with Gasteiger partial charge in [-0.2, -0.15) is 4.48 Å². The zero-order chi connectivity index (χ0) is 14.7. The molecule has 2 amide bonds. The van der Waals surface area contributed by atoms with E-state index in [0.717, 1.165) is 0 Å². The van der Waals surface area contributed by atoms with Crippen LogP contribution >= 0.6 is 0 Å². The third-order valence-electron chi connectivity index (χ3n) is 4.54. The minimum absolute atomic E-state index is 0.0786. The maximum Gasteiger partial charge on any atom is 0.431 e. The van der Waals surface area contributed by atoms with Gasteiger partial charge in [0.1, 0.15) is 17.6 Å². The number of aliphatic hydroxyl groups excluding tert-OH is 3. The number of hydrogen-bond donors (Lipinski definition) is 5. The van der Waals surface area contributed by atoms with Crippen LogP contribution in [-0.4, -0.2) is 62.4 Å². The molecule has 0 aromatic rings. The molecule has 3 aliphatic heterocycles. The Balaban J connectivity index is 2.12. The van der Waals surface area contributed by atoms with Crippen LogP contribution in [0.3, 0.4) is 0 Å². The number of hydrogen-bond acceptors (Lipinski definition) is 6. The molecule has 6 atom stereocenters. The number of urea groups is 1. The molecule has 0 radical (unpaired) electrons. The predicted octanol–water partition coefficient (Wildman–Crippen LogP) is -1.18. The molecule has 110 valence electrons. The smallest absolute Gasteiger partial charge is 0.393 e. The summed E-state index contributed by atoms with van der Waals surface area (Å²) in [5.74, 6) is -0.221. The summed E-state index contributed by atoms with van der Waals surface area (Å²) in [5, 5.41) is 40.1. The molecule has 0 aromatic carbocycles. The molecule has 1 spiro atoms. The normalized spacial score (nSPS) is 50.6. The number of carbonyl (C=O) groups is 1. The summed E-state index contributed by atoms with van der Waals surface area (Å²) in [5.41, 5.74) is -1.23. The molecule has 0 saturated carbocycles. The highest BCUT2D eigenvalue weighted by Crippen LogP contribution is 2.49. The van der Waals surface area contributed by atoms with Crippen molar-refractivity contribution in [3.05, 3.63) is 12.3 Å². The van der Waals surface area contributed by atoms with Gasteiger partial charge in [-0.05, 0) is 6.42 Å². The highest BCUT2D eigenvalue weighted by molar-refractivity contribution is 6.02. The summed E-state index contributed by atoms with van der Waals surface area (Å²) in [6.45, 7) is 1.42. The van der Waals surface area contributed by atoms with Gasteiger partial charge in [0.2, 0.25) is 12.5 Å². The van der Waals surface area contributed by atoms with Crippen LogP contribution in [-0.2, 0) is 4.74 Å². The van der Waals surface area contributed by atoms with Crippen LogP contribution < -0.4 is 5.32 Å². The number of ether oxygens (including phenoxy) is 1. The van der Waals surface area contributed by atoms with Crippen molar-refractivity contribution < 1.29 is 29.3 Å². The third kappa shape index (κ3) is 1.42. The molecule has 2 fully saturated rings. The first-order chi connectivity index (χ1) is 9.37. The Morgan fingerprint density at radius 3 is 2.90 bits per heavy atom. The lowest BCUT2D eigenvalue weighted by molar-refractivity contribution is -0.918. The Bertz CT molecular complexity index is 509. The largest absolute Gasteiger partial charge is 0.431 e. The molecule has 0 aliphatic carbocycles. The summed E-state index contributed by atoms with van der Waals surface area (Å²) in [6.07, 6.45) is -0.456. The van der Waals surface area contributed by atoms with Crippen LogP contribution in [0.25, 0.3) is 0 Å². The molecule has 0 aromatic heterocycles. The number of amides is 2. The molecule has 8 nitrogen and oxygen atoms in total. The van der Waals surface area contributed by atoms with Crippen LogP contribution in [0.15, 0.2) is 12.3 Å². The average molecular weight is 284 g/mol. The van der Waals surface area contributed by atoms with Gasteiger partial charge in [0.05, 0.1) is 6.61 Å². The van der Waals surface area contributed by atoms with Crippen LogP contribution in [0.1, 0.15) is 13.3 Å². The number of amidine groups is 1. The maximum absolute atomic E-state index is 12.3. The summed E-state index contributed by atoms with van der Waals surface area (Å²) in [4.78, 5) is 12.3. The Morgan fingerprint density at radius 1 is 1.60 bits per heavy atom. The van der Waals surface area contributed by atoms with E-state index in [-0.39, 0.29) is 11.8 Å². The molecule has 5 N–H and O–H groups in total. The topological polar surface area (TPSA) is 123 Å². The lowest BCUT2D eigenvalue weighted by Gasteiger charge is -2.49. The van der Waals surface area contributed by atoms with E-state index in [2.05, 4.69) is 5.32 Å². The fraction of sp³-hybridized carbons (Fsp3) is 0.667. The average Bonchev–Trinajstić information content (AvgIpc) is 2.73. The quantitative estimate of drug-likeness (QED) is 0.388. The highest BCUT2D eigenvalue weighted by atomic mass is 16.6. The van der Waals surface area contributed by atoms with Gasteiger partial charge in [-0.25, -0.2) is 4.79 Å². The van der Waals surface area contributed by atoms with Crippen LogP contribution in [0, 0.1) is 11.3 Å². The first kappa shape index (κ1) is 13.7. The lowest BCUT2D eigenvalue weighted by atomic mass is 9.90. The van der Waals surface area contributed by atoms with Gasteiger partial charge in [-0.3, -0.25) is 10.7 Å². The van der Waals surface area contributed by atoms with Gasteiger partial charge in [-0.15, -0.1) is 0 Å². The van der Waals surface area contributed by atoms with E-state index in [1.165, 1.54) is 12.3 Å².